The Labute approximate surface area is 106 Å². The highest BCUT2D eigenvalue weighted by molar-refractivity contribution is 4.93. The number of aliphatic hydroxyl groups excluding tert-OH is 1. The predicted molar refractivity (Wildman–Crippen MR) is 72.0 cm³/mol. The van der Waals surface area contributed by atoms with Crippen LogP contribution in [0, 0.1) is 17.8 Å². The molecule has 1 heterocycles. The van der Waals surface area contributed by atoms with E-state index in [1.807, 2.05) is 0 Å². The van der Waals surface area contributed by atoms with E-state index in [9.17, 15) is 5.11 Å². The van der Waals surface area contributed by atoms with Crippen LogP contribution in [0.4, 0.5) is 0 Å². The largest absolute Gasteiger partial charge is 0.393 e. The van der Waals surface area contributed by atoms with Gasteiger partial charge in [0.2, 0.25) is 0 Å². The molecule has 0 aromatic carbocycles. The molecule has 1 saturated heterocycles. The van der Waals surface area contributed by atoms with Crippen molar-refractivity contribution >= 4 is 0 Å². The molecule has 2 heteroatoms. The molecule has 2 nitrogen and oxygen atoms in total. The topological polar surface area (TPSA) is 23.5 Å². The molecule has 1 aliphatic heterocycles. The molecule has 1 aliphatic carbocycles. The van der Waals surface area contributed by atoms with E-state index in [0.717, 1.165) is 24.8 Å². The third-order valence-corrected chi connectivity index (χ3v) is 4.95. The van der Waals surface area contributed by atoms with Crippen molar-refractivity contribution in [2.75, 3.05) is 19.6 Å². The Balaban J connectivity index is 1.76. The van der Waals surface area contributed by atoms with Gasteiger partial charge < -0.3 is 10.0 Å². The Morgan fingerprint density at radius 3 is 2.71 bits per heavy atom. The first-order valence-electron chi connectivity index (χ1n) is 7.65. The van der Waals surface area contributed by atoms with Gasteiger partial charge in [-0.2, -0.15) is 0 Å². The summed E-state index contributed by atoms with van der Waals surface area (Å²) < 4.78 is 0. The molecule has 2 rings (SSSR count). The minimum Gasteiger partial charge on any atom is -0.393 e. The van der Waals surface area contributed by atoms with E-state index in [1.54, 1.807) is 0 Å². The summed E-state index contributed by atoms with van der Waals surface area (Å²) in [5.74, 6) is 2.28. The van der Waals surface area contributed by atoms with Crippen molar-refractivity contribution in [3.05, 3.63) is 0 Å². The van der Waals surface area contributed by atoms with Crippen molar-refractivity contribution in [3.8, 4) is 0 Å². The molecule has 2 fully saturated rings. The van der Waals surface area contributed by atoms with E-state index in [0.29, 0.717) is 5.92 Å². The van der Waals surface area contributed by atoms with Crippen molar-refractivity contribution in [2.24, 2.45) is 17.8 Å². The monoisotopic (exact) mass is 239 g/mol. The third-order valence-electron chi connectivity index (χ3n) is 4.95. The van der Waals surface area contributed by atoms with E-state index in [4.69, 9.17) is 0 Å². The molecule has 17 heavy (non-hydrogen) atoms. The quantitative estimate of drug-likeness (QED) is 0.770. The second kappa shape index (κ2) is 6.19. The predicted octanol–water partition coefficient (Wildman–Crippen LogP) is 2.91. The Bertz CT molecular complexity index is 231. The zero-order valence-electron chi connectivity index (χ0n) is 11.6. The summed E-state index contributed by atoms with van der Waals surface area (Å²) in [6, 6.07) is 0. The van der Waals surface area contributed by atoms with Crippen LogP contribution in [0.5, 0.6) is 0 Å². The SMILES string of the molecule is CCCCC(CC)CN1CC2CCC(O)C2C1. The van der Waals surface area contributed by atoms with Crippen LogP contribution in [0.25, 0.3) is 0 Å². The number of nitrogens with zero attached hydrogens (tertiary/aromatic N) is 1. The van der Waals surface area contributed by atoms with E-state index in [-0.39, 0.29) is 6.10 Å². The highest BCUT2D eigenvalue weighted by Crippen LogP contribution is 2.38. The van der Waals surface area contributed by atoms with Gasteiger partial charge in [-0.3, -0.25) is 0 Å². The molecule has 4 unspecified atom stereocenters. The standard InChI is InChI=1S/C15H29NO/c1-3-5-6-12(4-2)9-16-10-13-7-8-15(17)14(13)11-16/h12-15,17H,3-11H2,1-2H3. The van der Waals surface area contributed by atoms with E-state index < -0.39 is 0 Å². The van der Waals surface area contributed by atoms with Crippen molar-refractivity contribution in [1.82, 2.24) is 4.90 Å². The number of aliphatic hydroxyl groups is 1. The van der Waals surface area contributed by atoms with Gasteiger partial charge in [-0.05, 0) is 31.1 Å². The van der Waals surface area contributed by atoms with Crippen LogP contribution in [0.2, 0.25) is 0 Å². The molecule has 1 saturated carbocycles. The second-order valence-corrected chi connectivity index (χ2v) is 6.20. The minimum atomic E-state index is 0.000665. The van der Waals surface area contributed by atoms with Crippen molar-refractivity contribution in [3.63, 3.8) is 0 Å². The van der Waals surface area contributed by atoms with E-state index in [1.165, 1.54) is 45.2 Å². The minimum absolute atomic E-state index is 0.000665. The maximum absolute atomic E-state index is 9.92. The molecular weight excluding hydrogens is 210 g/mol. The first kappa shape index (κ1) is 13.4. The van der Waals surface area contributed by atoms with E-state index in [2.05, 4.69) is 18.7 Å². The molecule has 1 N–H and O–H groups in total. The van der Waals surface area contributed by atoms with Crippen LogP contribution in [0.1, 0.15) is 52.4 Å². The first-order chi connectivity index (χ1) is 8.24. The van der Waals surface area contributed by atoms with Gasteiger partial charge >= 0.3 is 0 Å². The number of hydrogen-bond donors (Lipinski definition) is 1. The van der Waals surface area contributed by atoms with Gasteiger partial charge in [0.05, 0.1) is 6.10 Å². The molecular formula is C15H29NO. The fourth-order valence-corrected chi connectivity index (χ4v) is 3.76. The molecule has 0 spiro atoms. The lowest BCUT2D eigenvalue weighted by molar-refractivity contribution is 0.121. The fourth-order valence-electron chi connectivity index (χ4n) is 3.76. The molecule has 0 aromatic heterocycles. The molecule has 0 radical (unpaired) electrons. The Hall–Kier alpha value is -0.0800. The van der Waals surface area contributed by atoms with Crippen LogP contribution in [-0.4, -0.2) is 35.7 Å². The molecule has 0 aromatic rings. The molecule has 4 atom stereocenters. The zero-order chi connectivity index (χ0) is 12.3. The number of fused-ring (bicyclic) bond motifs is 1. The van der Waals surface area contributed by atoms with Crippen LogP contribution in [0.3, 0.4) is 0 Å². The average Bonchev–Trinajstić information content (AvgIpc) is 2.87. The summed E-state index contributed by atoms with van der Waals surface area (Å²) in [5.41, 5.74) is 0. The highest BCUT2D eigenvalue weighted by atomic mass is 16.3. The lowest BCUT2D eigenvalue weighted by atomic mass is 9.99. The second-order valence-electron chi connectivity index (χ2n) is 6.20. The van der Waals surface area contributed by atoms with Gasteiger partial charge in [-0.25, -0.2) is 0 Å². The first-order valence-corrected chi connectivity index (χ1v) is 7.65. The molecule has 2 aliphatic rings. The van der Waals surface area contributed by atoms with Gasteiger partial charge in [0.15, 0.2) is 0 Å². The van der Waals surface area contributed by atoms with Gasteiger partial charge in [0, 0.05) is 25.6 Å². The van der Waals surface area contributed by atoms with Gasteiger partial charge in [-0.15, -0.1) is 0 Å². The van der Waals surface area contributed by atoms with Gasteiger partial charge in [0.1, 0.15) is 0 Å². The number of hydrogen-bond acceptors (Lipinski definition) is 2. The van der Waals surface area contributed by atoms with Crippen LogP contribution >= 0.6 is 0 Å². The van der Waals surface area contributed by atoms with Crippen LogP contribution in [-0.2, 0) is 0 Å². The lowest BCUT2D eigenvalue weighted by Crippen LogP contribution is -2.29. The van der Waals surface area contributed by atoms with Crippen molar-refractivity contribution < 1.29 is 5.11 Å². The highest BCUT2D eigenvalue weighted by Gasteiger charge is 2.41. The lowest BCUT2D eigenvalue weighted by Gasteiger charge is -2.24. The average molecular weight is 239 g/mol. The fraction of sp³-hybridized carbons (Fsp3) is 1.00. The third kappa shape index (κ3) is 3.23. The van der Waals surface area contributed by atoms with Crippen molar-refractivity contribution in [1.29, 1.82) is 0 Å². The summed E-state index contributed by atoms with van der Waals surface area (Å²) >= 11 is 0. The Morgan fingerprint density at radius 1 is 1.24 bits per heavy atom. The number of likely N-dealkylation sites (tertiary alicyclic amines) is 1. The smallest absolute Gasteiger partial charge is 0.0583 e. The summed E-state index contributed by atoms with van der Waals surface area (Å²) in [6.07, 6.45) is 7.71. The summed E-state index contributed by atoms with van der Waals surface area (Å²) in [4.78, 5) is 2.63. The zero-order valence-corrected chi connectivity index (χ0v) is 11.6. The molecule has 0 bridgehead atoms. The van der Waals surface area contributed by atoms with E-state index >= 15 is 0 Å². The van der Waals surface area contributed by atoms with Crippen LogP contribution in [0.15, 0.2) is 0 Å². The maximum atomic E-state index is 9.92. The Morgan fingerprint density at radius 2 is 2.06 bits per heavy atom. The van der Waals surface area contributed by atoms with Gasteiger partial charge in [-0.1, -0.05) is 33.1 Å². The number of unbranched alkanes of at least 4 members (excludes halogenated alkanes) is 1. The summed E-state index contributed by atoms with van der Waals surface area (Å²) in [7, 11) is 0. The molecule has 100 valence electrons. The summed E-state index contributed by atoms with van der Waals surface area (Å²) in [6.45, 7) is 8.30. The van der Waals surface area contributed by atoms with Crippen molar-refractivity contribution in [2.45, 2.75) is 58.5 Å². The summed E-state index contributed by atoms with van der Waals surface area (Å²) in [5, 5.41) is 9.92. The Kier molecular flexibility index (Phi) is 4.87. The van der Waals surface area contributed by atoms with Gasteiger partial charge in [0.25, 0.3) is 0 Å². The van der Waals surface area contributed by atoms with Crippen LogP contribution < -0.4 is 0 Å². The normalized spacial score (nSPS) is 35.1. The molecule has 0 amide bonds. The maximum Gasteiger partial charge on any atom is 0.0583 e. The number of rotatable bonds is 6.